The SMILES string of the molecule is CCCNCC(=O)Nc1ccc(-c2ccc(C(=O)N[C@H](C(=O)NO)[C@@H](C)O)cc2)cc1. The molecule has 31 heavy (non-hydrogen) atoms. The van der Waals surface area contributed by atoms with E-state index in [2.05, 4.69) is 16.0 Å². The summed E-state index contributed by atoms with van der Waals surface area (Å²) in [5.41, 5.74) is 4.16. The molecule has 0 aliphatic rings. The number of carbonyl (C=O) groups excluding carboxylic acids is 3. The number of nitrogens with one attached hydrogen (secondary N) is 4. The van der Waals surface area contributed by atoms with E-state index in [9.17, 15) is 19.5 Å². The zero-order valence-corrected chi connectivity index (χ0v) is 17.5. The van der Waals surface area contributed by atoms with E-state index in [4.69, 9.17) is 5.21 Å². The lowest BCUT2D eigenvalue weighted by atomic mass is 10.0. The highest BCUT2D eigenvalue weighted by Gasteiger charge is 2.25. The molecule has 2 aromatic rings. The molecule has 6 N–H and O–H groups in total. The Balaban J connectivity index is 2.00. The van der Waals surface area contributed by atoms with Gasteiger partial charge in [-0.05, 0) is 55.3 Å². The lowest BCUT2D eigenvalue weighted by molar-refractivity contribution is -0.133. The number of carbonyl (C=O) groups is 3. The molecule has 0 saturated carbocycles. The van der Waals surface area contributed by atoms with Crippen LogP contribution in [0.3, 0.4) is 0 Å². The van der Waals surface area contributed by atoms with Crippen molar-refractivity contribution in [2.24, 2.45) is 0 Å². The summed E-state index contributed by atoms with van der Waals surface area (Å²) in [4.78, 5) is 35.8. The van der Waals surface area contributed by atoms with Gasteiger partial charge in [0.05, 0.1) is 12.6 Å². The number of hydrogen-bond acceptors (Lipinski definition) is 6. The number of aliphatic hydroxyl groups is 1. The average Bonchev–Trinajstić information content (AvgIpc) is 2.77. The molecule has 0 spiro atoms. The van der Waals surface area contributed by atoms with Crippen LogP contribution in [0.25, 0.3) is 11.1 Å². The third-order valence-electron chi connectivity index (χ3n) is 4.52. The van der Waals surface area contributed by atoms with E-state index < -0.39 is 24.0 Å². The number of hydroxylamine groups is 1. The van der Waals surface area contributed by atoms with Crippen molar-refractivity contribution < 1.29 is 24.7 Å². The van der Waals surface area contributed by atoms with Crippen molar-refractivity contribution in [3.8, 4) is 11.1 Å². The topological polar surface area (TPSA) is 140 Å². The minimum atomic E-state index is -1.28. The number of aliphatic hydroxyl groups excluding tert-OH is 1. The van der Waals surface area contributed by atoms with E-state index in [0.29, 0.717) is 11.3 Å². The van der Waals surface area contributed by atoms with Crippen molar-refractivity contribution in [2.75, 3.05) is 18.4 Å². The number of anilines is 1. The molecule has 0 bridgehead atoms. The molecule has 0 radical (unpaired) electrons. The van der Waals surface area contributed by atoms with E-state index in [1.54, 1.807) is 36.4 Å². The highest BCUT2D eigenvalue weighted by molar-refractivity contribution is 5.98. The van der Waals surface area contributed by atoms with Crippen LogP contribution in [0.2, 0.25) is 0 Å². The summed E-state index contributed by atoms with van der Waals surface area (Å²) in [5, 5.41) is 26.6. The molecule has 0 aliphatic carbocycles. The Morgan fingerprint density at radius 1 is 0.968 bits per heavy atom. The quantitative estimate of drug-likeness (QED) is 0.191. The van der Waals surface area contributed by atoms with E-state index in [0.717, 1.165) is 24.1 Å². The Bertz CT molecular complexity index is 882. The third-order valence-corrected chi connectivity index (χ3v) is 4.52. The van der Waals surface area contributed by atoms with Crippen LogP contribution in [0.4, 0.5) is 5.69 Å². The number of amides is 3. The van der Waals surface area contributed by atoms with Crippen LogP contribution in [-0.4, -0.2) is 53.3 Å². The monoisotopic (exact) mass is 428 g/mol. The summed E-state index contributed by atoms with van der Waals surface area (Å²) < 4.78 is 0. The van der Waals surface area contributed by atoms with Gasteiger partial charge in [0.1, 0.15) is 6.04 Å². The molecule has 2 rings (SSSR count). The fourth-order valence-electron chi connectivity index (χ4n) is 2.84. The van der Waals surface area contributed by atoms with Gasteiger partial charge in [-0.2, -0.15) is 0 Å². The summed E-state index contributed by atoms with van der Waals surface area (Å²) in [6.45, 7) is 4.41. The minimum Gasteiger partial charge on any atom is -0.391 e. The van der Waals surface area contributed by atoms with Gasteiger partial charge in [-0.25, -0.2) is 5.48 Å². The van der Waals surface area contributed by atoms with Crippen LogP contribution >= 0.6 is 0 Å². The molecule has 3 amide bonds. The Kier molecular flexibility index (Phi) is 9.13. The Morgan fingerprint density at radius 2 is 1.55 bits per heavy atom. The second kappa shape index (κ2) is 11.8. The van der Waals surface area contributed by atoms with Gasteiger partial charge in [-0.3, -0.25) is 19.6 Å². The van der Waals surface area contributed by atoms with Gasteiger partial charge in [-0.1, -0.05) is 31.2 Å². The normalized spacial score (nSPS) is 12.5. The molecule has 0 unspecified atom stereocenters. The summed E-state index contributed by atoms with van der Waals surface area (Å²) in [6, 6.07) is 12.7. The van der Waals surface area contributed by atoms with Gasteiger partial charge in [0.2, 0.25) is 5.91 Å². The molecular formula is C22H28N4O5. The fraction of sp³-hybridized carbons (Fsp3) is 0.318. The van der Waals surface area contributed by atoms with Gasteiger partial charge in [-0.15, -0.1) is 0 Å². The average molecular weight is 428 g/mol. The fourth-order valence-corrected chi connectivity index (χ4v) is 2.84. The van der Waals surface area contributed by atoms with E-state index in [1.165, 1.54) is 12.4 Å². The van der Waals surface area contributed by atoms with Crippen molar-refractivity contribution in [3.05, 3.63) is 54.1 Å². The predicted molar refractivity (Wildman–Crippen MR) is 117 cm³/mol. The van der Waals surface area contributed by atoms with Gasteiger partial charge < -0.3 is 21.1 Å². The van der Waals surface area contributed by atoms with E-state index >= 15 is 0 Å². The number of rotatable bonds is 10. The molecule has 9 nitrogen and oxygen atoms in total. The highest BCUT2D eigenvalue weighted by atomic mass is 16.5. The highest BCUT2D eigenvalue weighted by Crippen LogP contribution is 2.22. The zero-order chi connectivity index (χ0) is 22.8. The summed E-state index contributed by atoms with van der Waals surface area (Å²) in [6.07, 6.45) is -0.224. The predicted octanol–water partition coefficient (Wildman–Crippen LogP) is 1.28. The number of hydrogen-bond donors (Lipinski definition) is 6. The van der Waals surface area contributed by atoms with E-state index in [1.807, 2.05) is 19.1 Å². The van der Waals surface area contributed by atoms with Crippen molar-refractivity contribution >= 4 is 23.4 Å². The minimum absolute atomic E-state index is 0.109. The van der Waals surface area contributed by atoms with Crippen LogP contribution in [0.1, 0.15) is 30.6 Å². The largest absolute Gasteiger partial charge is 0.391 e. The second-order valence-electron chi connectivity index (χ2n) is 7.05. The molecule has 0 heterocycles. The van der Waals surface area contributed by atoms with Crippen molar-refractivity contribution in [3.63, 3.8) is 0 Å². The van der Waals surface area contributed by atoms with Gasteiger partial charge >= 0.3 is 0 Å². The van der Waals surface area contributed by atoms with Crippen LogP contribution < -0.4 is 21.4 Å². The standard InChI is InChI=1S/C22H28N4O5/c1-3-12-23-13-19(28)24-18-10-8-16(9-11-18)15-4-6-17(7-5-15)21(29)25-20(14(2)27)22(30)26-31/h4-11,14,20,23,27,31H,3,12-13H2,1-2H3,(H,24,28)(H,25,29)(H,26,30)/t14-,20+/m1/s1. The maximum absolute atomic E-state index is 12.3. The smallest absolute Gasteiger partial charge is 0.268 e. The lowest BCUT2D eigenvalue weighted by Crippen LogP contribution is -2.51. The van der Waals surface area contributed by atoms with Gasteiger partial charge in [0.25, 0.3) is 11.8 Å². The number of benzene rings is 2. The van der Waals surface area contributed by atoms with Crippen molar-refractivity contribution in [1.82, 2.24) is 16.1 Å². The Morgan fingerprint density at radius 3 is 2.06 bits per heavy atom. The van der Waals surface area contributed by atoms with Crippen LogP contribution in [0.15, 0.2) is 48.5 Å². The molecule has 0 fully saturated rings. The van der Waals surface area contributed by atoms with Crippen molar-refractivity contribution in [2.45, 2.75) is 32.4 Å². The van der Waals surface area contributed by atoms with Gasteiger partial charge in [0.15, 0.2) is 0 Å². The maximum atomic E-state index is 12.3. The Labute approximate surface area is 180 Å². The van der Waals surface area contributed by atoms with Crippen molar-refractivity contribution in [1.29, 1.82) is 0 Å². The third kappa shape index (κ3) is 7.18. The first-order valence-corrected chi connectivity index (χ1v) is 9.99. The molecular weight excluding hydrogens is 400 g/mol. The summed E-state index contributed by atoms with van der Waals surface area (Å²) in [5.74, 6) is -1.58. The molecule has 2 atom stereocenters. The summed E-state index contributed by atoms with van der Waals surface area (Å²) in [7, 11) is 0. The molecule has 0 aliphatic heterocycles. The van der Waals surface area contributed by atoms with Crippen LogP contribution in [0, 0.1) is 0 Å². The molecule has 9 heteroatoms. The van der Waals surface area contributed by atoms with Crippen LogP contribution in [0.5, 0.6) is 0 Å². The maximum Gasteiger partial charge on any atom is 0.268 e. The summed E-state index contributed by atoms with van der Waals surface area (Å²) >= 11 is 0. The first-order chi connectivity index (χ1) is 14.8. The Hall–Kier alpha value is -3.27. The zero-order valence-electron chi connectivity index (χ0n) is 17.5. The first-order valence-electron chi connectivity index (χ1n) is 9.99. The van der Waals surface area contributed by atoms with Crippen LogP contribution in [-0.2, 0) is 9.59 Å². The molecule has 166 valence electrons. The molecule has 0 saturated heterocycles. The van der Waals surface area contributed by atoms with E-state index in [-0.39, 0.29) is 12.5 Å². The van der Waals surface area contributed by atoms with Gasteiger partial charge in [0, 0.05) is 11.3 Å². The molecule has 0 aromatic heterocycles. The first kappa shape index (κ1) is 24.0. The molecule has 2 aromatic carbocycles. The lowest BCUT2D eigenvalue weighted by Gasteiger charge is -2.19. The second-order valence-corrected chi connectivity index (χ2v) is 7.05.